The lowest BCUT2D eigenvalue weighted by Crippen LogP contribution is -2.03. The van der Waals surface area contributed by atoms with Crippen molar-refractivity contribution in [1.82, 2.24) is 0 Å². The first-order valence-electron chi connectivity index (χ1n) is 5.31. The lowest BCUT2D eigenvalue weighted by molar-refractivity contribution is 0.630. The third-order valence-electron chi connectivity index (χ3n) is 2.54. The zero-order valence-electron chi connectivity index (χ0n) is 9.48. The molecule has 0 heterocycles. The van der Waals surface area contributed by atoms with Crippen LogP contribution in [0.2, 0.25) is 20.1 Å². The predicted molar refractivity (Wildman–Crippen MR) is 80.2 cm³/mol. The van der Waals surface area contributed by atoms with E-state index in [1.807, 2.05) is 0 Å². The molecule has 19 heavy (non-hydrogen) atoms. The van der Waals surface area contributed by atoms with Crippen LogP contribution in [0.25, 0.3) is 0 Å². The molecule has 0 amide bonds. The van der Waals surface area contributed by atoms with Gasteiger partial charge < -0.3 is 5.32 Å². The Morgan fingerprint density at radius 2 is 1.58 bits per heavy atom. The molecular weight excluding hydrogens is 331 g/mol. The summed E-state index contributed by atoms with van der Waals surface area (Å²) in [7, 11) is 0. The van der Waals surface area contributed by atoms with Crippen LogP contribution in [0.4, 0.5) is 10.1 Å². The van der Waals surface area contributed by atoms with E-state index < -0.39 is 5.82 Å². The fourth-order valence-corrected chi connectivity index (χ4v) is 2.49. The molecule has 0 fully saturated rings. The summed E-state index contributed by atoms with van der Waals surface area (Å²) in [6.07, 6.45) is 0. The molecule has 0 aliphatic rings. The predicted octanol–water partition coefficient (Wildman–Crippen LogP) is 6.05. The number of nitrogens with one attached hydrogen (secondary N) is 1. The van der Waals surface area contributed by atoms with Gasteiger partial charge in [0.05, 0.1) is 20.8 Å². The topological polar surface area (TPSA) is 12.0 Å². The first-order valence-corrected chi connectivity index (χ1v) is 6.82. The Kier molecular flexibility index (Phi) is 4.80. The van der Waals surface area contributed by atoms with E-state index in [4.69, 9.17) is 46.4 Å². The Hall–Kier alpha value is -0.670. The molecule has 1 nitrogen and oxygen atoms in total. The molecule has 2 aromatic carbocycles. The largest absolute Gasteiger partial charge is 0.377 e. The van der Waals surface area contributed by atoms with Crippen LogP contribution in [0.1, 0.15) is 5.56 Å². The van der Waals surface area contributed by atoms with E-state index in [0.29, 0.717) is 20.6 Å². The third-order valence-corrected chi connectivity index (χ3v) is 4.06. The maximum Gasteiger partial charge on any atom is 0.147 e. The highest BCUT2D eigenvalue weighted by molar-refractivity contribution is 6.44. The van der Waals surface area contributed by atoms with Gasteiger partial charge in [-0.25, -0.2) is 4.39 Å². The molecule has 0 aliphatic carbocycles. The SMILES string of the molecule is Fc1cccc(Cl)c1NCc1c(Cl)ccc(Cl)c1Cl. The number of hydrogen-bond donors (Lipinski definition) is 1. The summed E-state index contributed by atoms with van der Waals surface area (Å²) in [5.41, 5.74) is 0.798. The molecule has 0 atom stereocenters. The van der Waals surface area contributed by atoms with Gasteiger partial charge in [0.15, 0.2) is 0 Å². The molecular formula is C13H8Cl4FN. The fourth-order valence-electron chi connectivity index (χ4n) is 1.57. The number of halogens is 5. The molecule has 0 saturated carbocycles. The zero-order valence-corrected chi connectivity index (χ0v) is 12.5. The molecule has 0 radical (unpaired) electrons. The van der Waals surface area contributed by atoms with E-state index in [1.54, 1.807) is 18.2 Å². The maximum absolute atomic E-state index is 13.6. The average Bonchev–Trinajstić information content (AvgIpc) is 2.37. The highest BCUT2D eigenvalue weighted by atomic mass is 35.5. The van der Waals surface area contributed by atoms with Crippen LogP contribution < -0.4 is 5.32 Å². The summed E-state index contributed by atoms with van der Waals surface area (Å²) in [6, 6.07) is 7.67. The highest BCUT2D eigenvalue weighted by Crippen LogP contribution is 2.33. The summed E-state index contributed by atoms with van der Waals surface area (Å²) >= 11 is 23.9. The lowest BCUT2D eigenvalue weighted by Gasteiger charge is -2.12. The number of rotatable bonds is 3. The standard InChI is InChI=1S/C13H8Cl4FN/c14-8-4-5-9(15)12(17)7(8)6-19-13-10(16)2-1-3-11(13)18/h1-5,19H,6H2. The molecule has 0 aromatic heterocycles. The van der Waals surface area contributed by atoms with Gasteiger partial charge in [0.1, 0.15) is 5.82 Å². The van der Waals surface area contributed by atoms with Crippen molar-refractivity contribution in [2.45, 2.75) is 6.54 Å². The molecule has 100 valence electrons. The summed E-state index contributed by atoms with van der Waals surface area (Å²) in [4.78, 5) is 0. The van der Waals surface area contributed by atoms with Crippen LogP contribution >= 0.6 is 46.4 Å². The van der Waals surface area contributed by atoms with Gasteiger partial charge in [-0.2, -0.15) is 0 Å². The second-order valence-electron chi connectivity index (χ2n) is 3.77. The van der Waals surface area contributed by atoms with Crippen LogP contribution in [-0.2, 0) is 6.54 Å². The van der Waals surface area contributed by atoms with Gasteiger partial charge in [-0.05, 0) is 24.3 Å². The van der Waals surface area contributed by atoms with Gasteiger partial charge >= 0.3 is 0 Å². The van der Waals surface area contributed by atoms with Gasteiger partial charge in [0.2, 0.25) is 0 Å². The zero-order chi connectivity index (χ0) is 14.0. The molecule has 0 spiro atoms. The van der Waals surface area contributed by atoms with E-state index in [1.165, 1.54) is 12.1 Å². The van der Waals surface area contributed by atoms with Crippen LogP contribution in [-0.4, -0.2) is 0 Å². The van der Waals surface area contributed by atoms with Gasteiger partial charge in [-0.1, -0.05) is 52.5 Å². The Bertz CT molecular complexity index is 596. The van der Waals surface area contributed by atoms with E-state index >= 15 is 0 Å². The normalized spacial score (nSPS) is 10.6. The van der Waals surface area contributed by atoms with E-state index in [0.717, 1.165) is 0 Å². The van der Waals surface area contributed by atoms with Crippen LogP contribution in [0.3, 0.4) is 0 Å². The van der Waals surface area contributed by atoms with E-state index in [-0.39, 0.29) is 17.3 Å². The number of anilines is 1. The second kappa shape index (κ2) is 6.19. The van der Waals surface area contributed by atoms with Crippen molar-refractivity contribution in [3.05, 3.63) is 61.8 Å². The smallest absolute Gasteiger partial charge is 0.147 e. The van der Waals surface area contributed by atoms with Crippen LogP contribution in [0, 0.1) is 5.82 Å². The van der Waals surface area contributed by atoms with Crippen molar-refractivity contribution >= 4 is 52.1 Å². The first kappa shape index (κ1) is 14.7. The molecule has 0 bridgehead atoms. The fraction of sp³-hybridized carbons (Fsp3) is 0.0769. The maximum atomic E-state index is 13.6. The second-order valence-corrected chi connectivity index (χ2v) is 5.37. The van der Waals surface area contributed by atoms with Gasteiger partial charge in [-0.15, -0.1) is 0 Å². The number of hydrogen-bond acceptors (Lipinski definition) is 1. The molecule has 6 heteroatoms. The lowest BCUT2D eigenvalue weighted by atomic mass is 10.2. The summed E-state index contributed by atoms with van der Waals surface area (Å²) < 4.78 is 13.6. The quantitative estimate of drug-likeness (QED) is 0.671. The van der Waals surface area contributed by atoms with Crippen molar-refractivity contribution in [1.29, 1.82) is 0 Å². The minimum atomic E-state index is -0.443. The van der Waals surface area contributed by atoms with E-state index in [2.05, 4.69) is 5.32 Å². The van der Waals surface area contributed by atoms with Gasteiger partial charge in [0, 0.05) is 17.1 Å². The molecule has 1 N–H and O–H groups in total. The molecule has 0 aliphatic heterocycles. The average molecular weight is 339 g/mol. The van der Waals surface area contributed by atoms with Crippen molar-refractivity contribution < 1.29 is 4.39 Å². The summed E-state index contributed by atoms with van der Waals surface area (Å²) in [5.74, 6) is -0.443. The van der Waals surface area contributed by atoms with Gasteiger partial charge in [-0.3, -0.25) is 0 Å². The summed E-state index contributed by atoms with van der Waals surface area (Å²) in [6.45, 7) is 0.221. The third kappa shape index (κ3) is 3.26. The Labute approximate surface area is 130 Å². The van der Waals surface area contributed by atoms with Crippen molar-refractivity contribution in [3.8, 4) is 0 Å². The summed E-state index contributed by atoms with van der Waals surface area (Å²) in [5, 5.41) is 4.34. The molecule has 0 unspecified atom stereocenters. The molecule has 0 saturated heterocycles. The van der Waals surface area contributed by atoms with Crippen molar-refractivity contribution in [2.75, 3.05) is 5.32 Å². The Morgan fingerprint density at radius 3 is 2.26 bits per heavy atom. The van der Waals surface area contributed by atoms with Gasteiger partial charge in [0.25, 0.3) is 0 Å². The Morgan fingerprint density at radius 1 is 0.895 bits per heavy atom. The minimum absolute atomic E-state index is 0.205. The number of benzene rings is 2. The first-order chi connectivity index (χ1) is 9.00. The van der Waals surface area contributed by atoms with Crippen LogP contribution in [0.15, 0.2) is 30.3 Å². The monoisotopic (exact) mass is 337 g/mol. The van der Waals surface area contributed by atoms with E-state index in [9.17, 15) is 4.39 Å². The molecule has 2 rings (SSSR count). The van der Waals surface area contributed by atoms with Crippen molar-refractivity contribution in [3.63, 3.8) is 0 Å². The number of para-hydroxylation sites is 1. The van der Waals surface area contributed by atoms with Crippen molar-refractivity contribution in [2.24, 2.45) is 0 Å². The highest BCUT2D eigenvalue weighted by Gasteiger charge is 2.12. The Balaban J connectivity index is 2.27. The molecule has 2 aromatic rings. The minimum Gasteiger partial charge on any atom is -0.377 e. The van der Waals surface area contributed by atoms with Crippen LogP contribution in [0.5, 0.6) is 0 Å².